The van der Waals surface area contributed by atoms with Gasteiger partial charge in [0.15, 0.2) is 0 Å². The molecule has 0 N–H and O–H groups in total. The van der Waals surface area contributed by atoms with Gasteiger partial charge in [0.1, 0.15) is 0 Å². The van der Waals surface area contributed by atoms with Crippen LogP contribution in [0.25, 0.3) is 0 Å². The van der Waals surface area contributed by atoms with Gasteiger partial charge in [0.25, 0.3) is 0 Å². The maximum absolute atomic E-state index is 2.97. The first kappa shape index (κ1) is 39.7. The third kappa shape index (κ3) is 8.37. The topological polar surface area (TPSA) is 0 Å². The molecule has 0 bridgehead atoms. The van der Waals surface area contributed by atoms with E-state index in [4.69, 9.17) is 0 Å². The van der Waals surface area contributed by atoms with Gasteiger partial charge in [0, 0.05) is 0 Å². The number of hydrogen-bond donors (Lipinski definition) is 0. The zero-order valence-electron chi connectivity index (χ0n) is 33.7. The Bertz CT molecular complexity index is 1250. The standard InChI is InChI=1S/C38H74GeSi6/c1-29-25-32-23-21-22-24-39(32,28-30(29)2)35-33(37(42(9,10)11)43(12,13)14)26-31(36(40(3,4)5)41(6,7)8)27-34(35)38(44(15,16)17)45(18,19)20/h21-24,26-27,32,36-38H,25,28H2,1-20H3. The first-order chi connectivity index (χ1) is 19.9. The molecule has 3 rings (SSSR count). The molecule has 1 aromatic carbocycles. The molecule has 0 spiro atoms. The summed E-state index contributed by atoms with van der Waals surface area (Å²) in [4.78, 5) is 2.91. The third-order valence-electron chi connectivity index (χ3n) is 11.2. The van der Waals surface area contributed by atoms with Crippen LogP contribution in [0.3, 0.4) is 0 Å². The van der Waals surface area contributed by atoms with Gasteiger partial charge in [-0.25, -0.2) is 0 Å². The fraction of sp³-hybridized carbons (Fsp3) is 0.684. The fourth-order valence-electron chi connectivity index (χ4n) is 11.2. The number of hydrogen-bond acceptors (Lipinski definition) is 0. The predicted octanol–water partition coefficient (Wildman–Crippen LogP) is 12.6. The molecule has 0 radical (unpaired) electrons. The van der Waals surface area contributed by atoms with E-state index in [1.54, 1.807) is 16.7 Å². The average molecular weight is 772 g/mol. The first-order valence-corrected chi connectivity index (χ1v) is 44.6. The summed E-state index contributed by atoms with van der Waals surface area (Å²) in [6.45, 7) is 53.8. The number of allylic oxidation sites excluding steroid dienone is 5. The summed E-state index contributed by atoms with van der Waals surface area (Å²) in [5.74, 6) is 0. The van der Waals surface area contributed by atoms with E-state index in [9.17, 15) is 0 Å². The molecule has 0 aromatic heterocycles. The van der Waals surface area contributed by atoms with E-state index in [-0.39, 0.29) is 0 Å². The molecule has 0 amide bonds. The van der Waals surface area contributed by atoms with Crippen molar-refractivity contribution in [1.29, 1.82) is 0 Å². The van der Waals surface area contributed by atoms with Gasteiger partial charge in [0.2, 0.25) is 0 Å². The molecular weight excluding hydrogens is 698 g/mol. The van der Waals surface area contributed by atoms with Crippen molar-refractivity contribution in [3.63, 3.8) is 0 Å². The SMILES string of the molecule is CC1=C(C)[CH2][Ge]2([c]3c(C([Si](C)(C)C)[Si](C)(C)C)cc(C([Si](C)(C)C)[Si](C)(C)C)cc3C([Si](C)(C)C)[Si](C)(C)C)[CH]=CC=C[CH]2C1. The van der Waals surface area contributed by atoms with Crippen LogP contribution in [0.15, 0.2) is 46.4 Å². The predicted molar refractivity (Wildman–Crippen MR) is 230 cm³/mol. The van der Waals surface area contributed by atoms with E-state index in [1.165, 1.54) is 11.7 Å². The molecule has 2 unspecified atom stereocenters. The fourth-order valence-corrected chi connectivity index (χ4v) is 62.4. The molecule has 0 saturated carbocycles. The van der Waals surface area contributed by atoms with Gasteiger partial charge in [-0.1, -0.05) is 0 Å². The van der Waals surface area contributed by atoms with Gasteiger partial charge >= 0.3 is 293 Å². The molecular formula is C38H74GeSi6. The van der Waals surface area contributed by atoms with Crippen LogP contribution < -0.4 is 4.40 Å². The normalized spacial score (nSPS) is 22.2. The van der Waals surface area contributed by atoms with Gasteiger partial charge in [-0.3, -0.25) is 0 Å². The Hall–Kier alpha value is 0.284. The molecule has 0 fully saturated rings. The quantitative estimate of drug-likeness (QED) is 0.164. The van der Waals surface area contributed by atoms with Gasteiger partial charge in [0.05, 0.1) is 0 Å². The van der Waals surface area contributed by atoms with Crippen molar-refractivity contribution in [2.75, 3.05) is 0 Å². The van der Waals surface area contributed by atoms with Crippen molar-refractivity contribution in [1.82, 2.24) is 0 Å². The summed E-state index contributed by atoms with van der Waals surface area (Å²) in [7, 11) is -9.23. The summed E-state index contributed by atoms with van der Waals surface area (Å²) < 4.78 is 2.76. The molecule has 2 heterocycles. The van der Waals surface area contributed by atoms with Crippen LogP contribution in [-0.2, 0) is 0 Å². The van der Waals surface area contributed by atoms with Crippen molar-refractivity contribution in [2.24, 2.45) is 0 Å². The van der Waals surface area contributed by atoms with Crippen molar-refractivity contribution in [2.45, 2.75) is 164 Å². The molecule has 45 heavy (non-hydrogen) atoms. The van der Waals surface area contributed by atoms with E-state index in [0.717, 1.165) is 20.2 Å². The van der Waals surface area contributed by atoms with Crippen LogP contribution in [0.1, 0.15) is 52.5 Å². The first-order valence-electron chi connectivity index (χ1n) is 18.1. The van der Waals surface area contributed by atoms with E-state index >= 15 is 0 Å². The van der Waals surface area contributed by atoms with Crippen molar-refractivity contribution < 1.29 is 0 Å². The molecule has 0 saturated heterocycles. The Morgan fingerprint density at radius 3 is 1.27 bits per heavy atom. The summed E-state index contributed by atoms with van der Waals surface area (Å²) in [5, 5.41) is 3.70. The molecule has 1 aromatic rings. The van der Waals surface area contributed by atoms with Crippen molar-refractivity contribution in [3.8, 4) is 0 Å². The Morgan fingerprint density at radius 1 is 0.533 bits per heavy atom. The molecule has 0 aliphatic carbocycles. The van der Waals surface area contributed by atoms with Crippen LogP contribution in [-0.4, -0.2) is 61.7 Å². The monoisotopic (exact) mass is 772 g/mol. The van der Waals surface area contributed by atoms with Crippen LogP contribution in [0.2, 0.25) is 128 Å². The minimum absolute atomic E-state index is 0.736. The zero-order chi connectivity index (χ0) is 34.9. The number of rotatable bonds is 10. The molecule has 2 atom stereocenters. The third-order valence-corrected chi connectivity index (χ3v) is 49.8. The Morgan fingerprint density at radius 2 is 0.911 bits per heavy atom. The van der Waals surface area contributed by atoms with E-state index < -0.39 is 61.7 Å². The van der Waals surface area contributed by atoms with E-state index in [0.29, 0.717) is 0 Å². The zero-order valence-corrected chi connectivity index (χ0v) is 41.8. The second kappa shape index (κ2) is 12.9. The summed E-state index contributed by atoms with van der Waals surface area (Å²) >= 11 is -2.82. The molecule has 254 valence electrons. The second-order valence-corrected chi connectivity index (χ2v) is 63.9. The molecule has 2 aliphatic heterocycles. The van der Waals surface area contributed by atoms with E-state index in [2.05, 4.69) is 167 Å². The van der Waals surface area contributed by atoms with Crippen LogP contribution in [0.4, 0.5) is 0 Å². The molecule has 0 nitrogen and oxygen atoms in total. The summed E-state index contributed by atoms with van der Waals surface area (Å²) in [6.07, 6.45) is 8.93. The summed E-state index contributed by atoms with van der Waals surface area (Å²) in [5.41, 5.74) is 9.03. The van der Waals surface area contributed by atoms with Crippen LogP contribution >= 0.6 is 0 Å². The Labute approximate surface area is 290 Å². The maximum atomic E-state index is 2.97. The average Bonchev–Trinajstić information content (AvgIpc) is 2.74. The molecule has 2 aliphatic rings. The number of benzene rings is 1. The van der Waals surface area contributed by atoms with Gasteiger partial charge < -0.3 is 0 Å². The second-order valence-electron chi connectivity index (χ2n) is 21.9. The van der Waals surface area contributed by atoms with Crippen LogP contribution in [0.5, 0.6) is 0 Å². The van der Waals surface area contributed by atoms with Crippen molar-refractivity contribution in [3.05, 3.63) is 63.1 Å². The minimum atomic E-state index is -2.82. The Balaban J connectivity index is 2.78. The Kier molecular flexibility index (Phi) is 11.4. The van der Waals surface area contributed by atoms with Crippen molar-refractivity contribution >= 4 is 66.1 Å². The van der Waals surface area contributed by atoms with E-state index in [1.807, 2.05) is 15.5 Å². The van der Waals surface area contributed by atoms with Gasteiger partial charge in [-0.05, 0) is 0 Å². The van der Waals surface area contributed by atoms with Crippen LogP contribution in [0, 0.1) is 0 Å². The number of fused-ring (bicyclic) bond motifs is 1. The molecule has 7 heteroatoms. The van der Waals surface area contributed by atoms with Gasteiger partial charge in [-0.2, -0.15) is 0 Å². The summed E-state index contributed by atoms with van der Waals surface area (Å²) in [6, 6.07) is 5.94. The van der Waals surface area contributed by atoms with Gasteiger partial charge in [-0.15, -0.1) is 0 Å².